The number of anilines is 1. The molecular weight excluding hydrogens is 248 g/mol. The van der Waals surface area contributed by atoms with Gasteiger partial charge in [0.1, 0.15) is 5.75 Å². The first-order chi connectivity index (χ1) is 8.70. The first-order valence-corrected chi connectivity index (χ1v) is 6.48. The van der Waals surface area contributed by atoms with Crippen molar-refractivity contribution in [1.82, 2.24) is 4.90 Å². The molecule has 18 heavy (non-hydrogen) atoms. The highest BCUT2D eigenvalue weighted by molar-refractivity contribution is 7.80. The van der Waals surface area contributed by atoms with Crippen molar-refractivity contribution in [3.63, 3.8) is 0 Å². The molecule has 1 heterocycles. The zero-order valence-electron chi connectivity index (χ0n) is 10.4. The highest BCUT2D eigenvalue weighted by Gasteiger charge is 2.20. The summed E-state index contributed by atoms with van der Waals surface area (Å²) in [5.74, 6) is 0.761. The van der Waals surface area contributed by atoms with Gasteiger partial charge in [0.05, 0.1) is 18.9 Å². The zero-order chi connectivity index (χ0) is 13.0. The molecule has 1 aromatic rings. The maximum Gasteiger partial charge on any atom is 0.173 e. The Balaban J connectivity index is 2.02. The minimum atomic E-state index is -0.281. The van der Waals surface area contributed by atoms with Crippen LogP contribution in [0.4, 0.5) is 5.69 Å². The number of thiocarbonyl (C=S) groups is 1. The number of aliphatic hydroxyl groups excluding tert-OH is 1. The lowest BCUT2D eigenvalue weighted by Crippen LogP contribution is -2.44. The molecule has 1 aromatic carbocycles. The average molecular weight is 266 g/mol. The summed E-state index contributed by atoms with van der Waals surface area (Å²) in [5, 5.41) is 13.5. The van der Waals surface area contributed by atoms with Crippen LogP contribution in [-0.4, -0.2) is 41.4 Å². The molecule has 1 saturated heterocycles. The molecule has 1 atom stereocenters. The Morgan fingerprint density at radius 1 is 1.50 bits per heavy atom. The van der Waals surface area contributed by atoms with Gasteiger partial charge in [-0.05, 0) is 37.2 Å². The summed E-state index contributed by atoms with van der Waals surface area (Å²) in [5.41, 5.74) is 0.852. The van der Waals surface area contributed by atoms with E-state index < -0.39 is 0 Å². The standard InChI is InChI=1S/C13H18N2O2S/c1-17-12-7-3-2-6-11(12)14-13(18)15-8-4-5-10(16)9-15/h2-3,6-7,10,16H,4-5,8-9H2,1H3,(H,14,18). The number of benzene rings is 1. The third-order valence-corrected chi connectivity index (χ3v) is 3.39. The lowest BCUT2D eigenvalue weighted by molar-refractivity contribution is 0.104. The van der Waals surface area contributed by atoms with Crippen LogP contribution in [-0.2, 0) is 0 Å². The number of rotatable bonds is 2. The average Bonchev–Trinajstić information content (AvgIpc) is 2.39. The van der Waals surface area contributed by atoms with Crippen molar-refractivity contribution in [1.29, 1.82) is 0 Å². The van der Waals surface area contributed by atoms with Crippen molar-refractivity contribution in [2.24, 2.45) is 0 Å². The highest BCUT2D eigenvalue weighted by Crippen LogP contribution is 2.23. The van der Waals surface area contributed by atoms with Crippen LogP contribution in [0.5, 0.6) is 5.75 Å². The van der Waals surface area contributed by atoms with E-state index in [2.05, 4.69) is 5.32 Å². The van der Waals surface area contributed by atoms with Gasteiger partial charge in [-0.1, -0.05) is 12.1 Å². The van der Waals surface area contributed by atoms with Gasteiger partial charge >= 0.3 is 0 Å². The molecule has 0 bridgehead atoms. The fourth-order valence-electron chi connectivity index (χ4n) is 2.08. The van der Waals surface area contributed by atoms with E-state index in [1.54, 1.807) is 7.11 Å². The highest BCUT2D eigenvalue weighted by atomic mass is 32.1. The second kappa shape index (κ2) is 6.02. The van der Waals surface area contributed by atoms with Gasteiger partial charge in [-0.3, -0.25) is 0 Å². The number of hydrogen-bond acceptors (Lipinski definition) is 3. The van der Waals surface area contributed by atoms with Crippen LogP contribution in [0.3, 0.4) is 0 Å². The number of ether oxygens (including phenoxy) is 1. The third kappa shape index (κ3) is 3.11. The van der Waals surface area contributed by atoms with Crippen molar-refractivity contribution < 1.29 is 9.84 Å². The van der Waals surface area contributed by atoms with Crippen molar-refractivity contribution in [3.8, 4) is 5.75 Å². The van der Waals surface area contributed by atoms with Crippen LogP contribution >= 0.6 is 12.2 Å². The van der Waals surface area contributed by atoms with Gasteiger partial charge in [-0.25, -0.2) is 0 Å². The summed E-state index contributed by atoms with van der Waals surface area (Å²) >= 11 is 5.36. The van der Waals surface area contributed by atoms with Gasteiger partial charge in [0.25, 0.3) is 0 Å². The molecule has 98 valence electrons. The molecule has 4 nitrogen and oxygen atoms in total. The first kappa shape index (κ1) is 13.1. The second-order valence-corrected chi connectivity index (χ2v) is 4.76. The van der Waals surface area contributed by atoms with E-state index in [4.69, 9.17) is 17.0 Å². The number of nitrogens with zero attached hydrogens (tertiary/aromatic N) is 1. The van der Waals surface area contributed by atoms with Gasteiger partial charge in [-0.15, -0.1) is 0 Å². The van der Waals surface area contributed by atoms with E-state index in [1.165, 1.54) is 0 Å². The number of para-hydroxylation sites is 2. The first-order valence-electron chi connectivity index (χ1n) is 6.07. The summed E-state index contributed by atoms with van der Waals surface area (Å²) in [4.78, 5) is 2.00. The number of hydrogen-bond donors (Lipinski definition) is 2. The molecule has 0 aliphatic carbocycles. The summed E-state index contributed by atoms with van der Waals surface area (Å²) in [6.45, 7) is 1.49. The normalized spacial score (nSPS) is 19.4. The number of piperidine rings is 1. The maximum atomic E-state index is 9.64. The SMILES string of the molecule is COc1ccccc1NC(=S)N1CCCC(O)C1. The summed E-state index contributed by atoms with van der Waals surface area (Å²) < 4.78 is 5.26. The Morgan fingerprint density at radius 2 is 2.28 bits per heavy atom. The largest absolute Gasteiger partial charge is 0.495 e. The van der Waals surface area contributed by atoms with Gasteiger partial charge < -0.3 is 20.1 Å². The summed E-state index contributed by atoms with van der Waals surface area (Å²) in [7, 11) is 1.63. The van der Waals surface area contributed by atoms with Gasteiger partial charge in [0, 0.05) is 13.1 Å². The second-order valence-electron chi connectivity index (χ2n) is 4.37. The molecule has 2 rings (SSSR count). The predicted octanol–water partition coefficient (Wildman–Crippen LogP) is 1.85. The summed E-state index contributed by atoms with van der Waals surface area (Å²) in [6, 6.07) is 7.65. The fraction of sp³-hybridized carbons (Fsp3) is 0.462. The molecule has 5 heteroatoms. The van der Waals surface area contributed by atoms with E-state index in [9.17, 15) is 5.11 Å². The smallest absolute Gasteiger partial charge is 0.173 e. The van der Waals surface area contributed by atoms with E-state index in [0.29, 0.717) is 11.7 Å². The molecular formula is C13H18N2O2S. The molecule has 0 radical (unpaired) electrons. The van der Waals surface area contributed by atoms with Crippen LogP contribution < -0.4 is 10.1 Å². The van der Waals surface area contributed by atoms with Gasteiger partial charge in [0.2, 0.25) is 0 Å². The molecule has 1 fully saturated rings. The lowest BCUT2D eigenvalue weighted by Gasteiger charge is -2.32. The van der Waals surface area contributed by atoms with Crippen LogP contribution in [0.2, 0.25) is 0 Å². The van der Waals surface area contributed by atoms with E-state index >= 15 is 0 Å². The molecule has 0 saturated carbocycles. The Bertz CT molecular complexity index is 425. The molecule has 0 aromatic heterocycles. The lowest BCUT2D eigenvalue weighted by atomic mass is 10.1. The fourth-order valence-corrected chi connectivity index (χ4v) is 2.36. The van der Waals surface area contributed by atoms with Crippen molar-refractivity contribution in [2.45, 2.75) is 18.9 Å². The number of β-amino-alcohol motifs (C(OH)–C–C–N with tert-alkyl or cyclic N) is 1. The van der Waals surface area contributed by atoms with Crippen molar-refractivity contribution in [2.75, 3.05) is 25.5 Å². The van der Waals surface area contributed by atoms with Crippen LogP contribution in [0.15, 0.2) is 24.3 Å². The quantitative estimate of drug-likeness (QED) is 0.800. The zero-order valence-corrected chi connectivity index (χ0v) is 11.2. The van der Waals surface area contributed by atoms with E-state index in [0.717, 1.165) is 30.8 Å². The van der Waals surface area contributed by atoms with Gasteiger partial charge in [-0.2, -0.15) is 0 Å². The monoisotopic (exact) mass is 266 g/mol. The van der Waals surface area contributed by atoms with Gasteiger partial charge in [0.15, 0.2) is 5.11 Å². The maximum absolute atomic E-state index is 9.64. The van der Waals surface area contributed by atoms with Crippen molar-refractivity contribution >= 4 is 23.0 Å². The molecule has 1 aliphatic heterocycles. The topological polar surface area (TPSA) is 44.7 Å². The molecule has 2 N–H and O–H groups in total. The van der Waals surface area contributed by atoms with Crippen molar-refractivity contribution in [3.05, 3.63) is 24.3 Å². The van der Waals surface area contributed by atoms with E-state index in [1.807, 2.05) is 29.2 Å². The number of aliphatic hydroxyl groups is 1. The Kier molecular flexibility index (Phi) is 4.38. The minimum Gasteiger partial charge on any atom is -0.495 e. The Labute approximate surface area is 113 Å². The molecule has 0 amide bonds. The Hall–Kier alpha value is -1.33. The van der Waals surface area contributed by atoms with Crippen LogP contribution in [0, 0.1) is 0 Å². The van der Waals surface area contributed by atoms with Crippen LogP contribution in [0.1, 0.15) is 12.8 Å². The molecule has 0 spiro atoms. The predicted molar refractivity (Wildman–Crippen MR) is 76.0 cm³/mol. The molecule has 1 aliphatic rings. The number of likely N-dealkylation sites (tertiary alicyclic amines) is 1. The molecule has 1 unspecified atom stereocenters. The third-order valence-electron chi connectivity index (χ3n) is 3.03. The van der Waals surface area contributed by atoms with E-state index in [-0.39, 0.29) is 6.10 Å². The Morgan fingerprint density at radius 3 is 3.00 bits per heavy atom. The van der Waals surface area contributed by atoms with Crippen LogP contribution in [0.25, 0.3) is 0 Å². The summed E-state index contributed by atoms with van der Waals surface area (Å²) in [6.07, 6.45) is 1.54. The minimum absolute atomic E-state index is 0.281. The number of nitrogens with one attached hydrogen (secondary N) is 1. The number of methoxy groups -OCH3 is 1.